The lowest BCUT2D eigenvalue weighted by molar-refractivity contribution is -0.116. The van der Waals surface area contributed by atoms with Gasteiger partial charge in [0.25, 0.3) is 5.91 Å². The van der Waals surface area contributed by atoms with E-state index < -0.39 is 0 Å². The van der Waals surface area contributed by atoms with Crippen molar-refractivity contribution < 1.29 is 9.59 Å². The first-order valence-electron chi connectivity index (χ1n) is 11.9. The van der Waals surface area contributed by atoms with Gasteiger partial charge in [0.1, 0.15) is 0 Å². The number of carbonyl (C=O) groups is 2. The third-order valence-corrected chi connectivity index (χ3v) is 5.66. The Morgan fingerprint density at radius 1 is 0.906 bits per heavy atom. The van der Waals surface area contributed by atoms with Gasteiger partial charge in [0.05, 0.1) is 11.6 Å². The summed E-state index contributed by atoms with van der Waals surface area (Å²) in [5.41, 5.74) is 3.06. The third-order valence-electron chi connectivity index (χ3n) is 5.66. The minimum absolute atomic E-state index is 0.000160. The molecule has 0 fully saturated rings. The van der Waals surface area contributed by atoms with Crippen LogP contribution < -0.4 is 15.5 Å². The van der Waals surface area contributed by atoms with Gasteiger partial charge in [-0.05, 0) is 37.1 Å². The molecule has 0 saturated carbocycles. The predicted octanol–water partition coefficient (Wildman–Crippen LogP) is 6.32. The Hall–Kier alpha value is -2.82. The summed E-state index contributed by atoms with van der Waals surface area (Å²) < 4.78 is 0. The fraction of sp³-hybridized carbons (Fsp3) is 0.481. The molecule has 1 atom stereocenters. The molecule has 0 aliphatic heterocycles. The number of hydrogen-bond donors (Lipinski definition) is 2. The molecule has 2 amide bonds. The standard InChI is InChI=1S/C27H39N3O2/c1-5-6-7-8-9-10-14-17-26(31)29-23-18-19-25(30(3)4)24(20-23)27(32)28-21(2)22-15-12-11-13-16-22/h11-13,15-16,18-21H,5-10,14,17H2,1-4H3,(H,28,32)(H,29,31). The van der Waals surface area contributed by atoms with E-state index in [1.54, 1.807) is 6.07 Å². The average molecular weight is 438 g/mol. The monoisotopic (exact) mass is 437 g/mol. The van der Waals surface area contributed by atoms with Gasteiger partial charge in [-0.3, -0.25) is 9.59 Å². The van der Waals surface area contributed by atoms with Crippen molar-refractivity contribution in [2.75, 3.05) is 24.3 Å². The number of anilines is 2. The van der Waals surface area contributed by atoms with E-state index in [4.69, 9.17) is 0 Å². The van der Waals surface area contributed by atoms with Gasteiger partial charge < -0.3 is 15.5 Å². The number of rotatable bonds is 13. The molecule has 0 aliphatic carbocycles. The van der Waals surface area contributed by atoms with E-state index in [1.165, 1.54) is 32.1 Å². The second kappa shape index (κ2) is 13.6. The lowest BCUT2D eigenvalue weighted by Crippen LogP contribution is -2.28. The van der Waals surface area contributed by atoms with E-state index in [0.717, 1.165) is 24.1 Å². The molecule has 1 unspecified atom stereocenters. The first-order valence-corrected chi connectivity index (χ1v) is 11.9. The number of nitrogens with one attached hydrogen (secondary N) is 2. The smallest absolute Gasteiger partial charge is 0.253 e. The van der Waals surface area contributed by atoms with Crippen molar-refractivity contribution in [2.24, 2.45) is 0 Å². The maximum absolute atomic E-state index is 13.1. The fourth-order valence-corrected chi connectivity index (χ4v) is 3.75. The van der Waals surface area contributed by atoms with Crippen LogP contribution in [0.15, 0.2) is 48.5 Å². The number of benzene rings is 2. The van der Waals surface area contributed by atoms with Crippen LogP contribution >= 0.6 is 0 Å². The van der Waals surface area contributed by atoms with Crippen molar-refractivity contribution in [1.82, 2.24) is 5.32 Å². The minimum Gasteiger partial charge on any atom is -0.377 e. The highest BCUT2D eigenvalue weighted by Gasteiger charge is 2.17. The van der Waals surface area contributed by atoms with Crippen molar-refractivity contribution in [2.45, 2.75) is 71.3 Å². The van der Waals surface area contributed by atoms with Crippen molar-refractivity contribution in [1.29, 1.82) is 0 Å². The SMILES string of the molecule is CCCCCCCCCC(=O)Nc1ccc(N(C)C)c(C(=O)NC(C)c2ccccc2)c1. The number of hydrogen-bond acceptors (Lipinski definition) is 3. The molecule has 0 heterocycles. The van der Waals surface area contributed by atoms with E-state index in [-0.39, 0.29) is 17.9 Å². The highest BCUT2D eigenvalue weighted by Crippen LogP contribution is 2.24. The Morgan fingerprint density at radius 3 is 2.22 bits per heavy atom. The van der Waals surface area contributed by atoms with Crippen molar-refractivity contribution in [3.63, 3.8) is 0 Å². The number of amides is 2. The Bertz CT molecular complexity index is 849. The highest BCUT2D eigenvalue weighted by atomic mass is 16.2. The molecule has 5 nitrogen and oxygen atoms in total. The van der Waals surface area contributed by atoms with Gasteiger partial charge in [-0.25, -0.2) is 0 Å². The summed E-state index contributed by atoms with van der Waals surface area (Å²) in [4.78, 5) is 27.4. The van der Waals surface area contributed by atoms with Crippen LogP contribution in [-0.4, -0.2) is 25.9 Å². The summed E-state index contributed by atoms with van der Waals surface area (Å²) >= 11 is 0. The molecule has 0 bridgehead atoms. The lowest BCUT2D eigenvalue weighted by Gasteiger charge is -2.20. The highest BCUT2D eigenvalue weighted by molar-refractivity contribution is 6.02. The van der Waals surface area contributed by atoms with Crippen LogP contribution in [0.4, 0.5) is 11.4 Å². The molecule has 0 aliphatic rings. The van der Waals surface area contributed by atoms with E-state index in [9.17, 15) is 9.59 Å². The maximum atomic E-state index is 13.1. The Morgan fingerprint density at radius 2 is 1.56 bits per heavy atom. The molecule has 2 rings (SSSR count). The molecule has 0 spiro atoms. The van der Waals surface area contributed by atoms with Gasteiger partial charge in [0.2, 0.25) is 5.91 Å². The average Bonchev–Trinajstić information content (AvgIpc) is 2.78. The zero-order chi connectivity index (χ0) is 23.3. The minimum atomic E-state index is -0.159. The zero-order valence-electron chi connectivity index (χ0n) is 20.1. The molecule has 174 valence electrons. The molecule has 32 heavy (non-hydrogen) atoms. The summed E-state index contributed by atoms with van der Waals surface area (Å²) in [5.74, 6) is -0.159. The van der Waals surface area contributed by atoms with Crippen LogP contribution in [0.2, 0.25) is 0 Å². The van der Waals surface area contributed by atoms with Crippen molar-refractivity contribution in [3.05, 3.63) is 59.7 Å². The molecule has 5 heteroatoms. The molecular formula is C27H39N3O2. The third kappa shape index (κ3) is 8.37. The summed E-state index contributed by atoms with van der Waals surface area (Å²) in [6, 6.07) is 15.3. The van der Waals surface area contributed by atoms with Gasteiger partial charge in [0.15, 0.2) is 0 Å². The molecule has 2 aromatic rings. The Labute approximate surface area is 193 Å². The second-order valence-corrected chi connectivity index (χ2v) is 8.65. The van der Waals surface area contributed by atoms with Gasteiger partial charge in [-0.2, -0.15) is 0 Å². The molecule has 0 saturated heterocycles. The second-order valence-electron chi connectivity index (χ2n) is 8.65. The molecule has 2 N–H and O–H groups in total. The van der Waals surface area contributed by atoms with E-state index in [0.29, 0.717) is 17.7 Å². The maximum Gasteiger partial charge on any atom is 0.253 e. The van der Waals surface area contributed by atoms with Crippen LogP contribution in [0.25, 0.3) is 0 Å². The van der Waals surface area contributed by atoms with Crippen molar-refractivity contribution >= 4 is 23.2 Å². The van der Waals surface area contributed by atoms with Crippen LogP contribution in [0.1, 0.15) is 87.2 Å². The molecule has 0 radical (unpaired) electrons. The molecular weight excluding hydrogens is 398 g/mol. The van der Waals surface area contributed by atoms with E-state index >= 15 is 0 Å². The van der Waals surface area contributed by atoms with Crippen molar-refractivity contribution in [3.8, 4) is 0 Å². The first kappa shape index (κ1) is 25.4. The number of unbranched alkanes of at least 4 members (excludes halogenated alkanes) is 6. The summed E-state index contributed by atoms with van der Waals surface area (Å²) in [6.07, 6.45) is 8.77. The Kier molecular flexibility index (Phi) is 10.8. The number of nitrogens with zero attached hydrogens (tertiary/aromatic N) is 1. The predicted molar refractivity (Wildman–Crippen MR) is 134 cm³/mol. The Balaban J connectivity index is 1.96. The van der Waals surface area contributed by atoms with Gasteiger partial charge >= 0.3 is 0 Å². The van der Waals surface area contributed by atoms with E-state index in [2.05, 4.69) is 17.6 Å². The fourth-order valence-electron chi connectivity index (χ4n) is 3.75. The van der Waals surface area contributed by atoms with Gasteiger partial charge in [-0.15, -0.1) is 0 Å². The summed E-state index contributed by atoms with van der Waals surface area (Å²) in [7, 11) is 3.82. The van der Waals surface area contributed by atoms with E-state index in [1.807, 2.05) is 68.4 Å². The topological polar surface area (TPSA) is 61.4 Å². The molecule has 0 aromatic heterocycles. The molecule has 2 aromatic carbocycles. The normalized spacial score (nSPS) is 11.6. The van der Waals surface area contributed by atoms with Crippen LogP contribution in [0, 0.1) is 0 Å². The van der Waals surface area contributed by atoms with Crippen LogP contribution in [0.5, 0.6) is 0 Å². The first-order chi connectivity index (χ1) is 15.4. The number of carbonyl (C=O) groups excluding carboxylic acids is 2. The largest absolute Gasteiger partial charge is 0.377 e. The van der Waals surface area contributed by atoms with Crippen LogP contribution in [-0.2, 0) is 4.79 Å². The summed E-state index contributed by atoms with van der Waals surface area (Å²) in [6.45, 7) is 4.19. The zero-order valence-corrected chi connectivity index (χ0v) is 20.1. The van der Waals surface area contributed by atoms with Crippen LogP contribution in [0.3, 0.4) is 0 Å². The van der Waals surface area contributed by atoms with Gasteiger partial charge in [-0.1, -0.05) is 75.8 Å². The quantitative estimate of drug-likeness (QED) is 0.360. The summed E-state index contributed by atoms with van der Waals surface area (Å²) in [5, 5.41) is 6.03. The lowest BCUT2D eigenvalue weighted by atomic mass is 10.1. The van der Waals surface area contributed by atoms with Gasteiger partial charge in [0, 0.05) is 31.9 Å².